The summed E-state index contributed by atoms with van der Waals surface area (Å²) in [5.41, 5.74) is -1.56. The maximum Gasteiger partial charge on any atom is 0.408 e. The largest absolute Gasteiger partial charge is 0.493 e. The highest BCUT2D eigenvalue weighted by Gasteiger charge is 2.33. The van der Waals surface area contributed by atoms with Gasteiger partial charge in [-0.3, -0.25) is 4.79 Å². The molecular weight excluding hydrogens is 334 g/mol. The van der Waals surface area contributed by atoms with Crippen molar-refractivity contribution in [2.24, 2.45) is 0 Å². The fraction of sp³-hybridized carbons (Fsp3) is 0.529. The number of benzene rings is 1. The first-order chi connectivity index (χ1) is 10.9. The van der Waals surface area contributed by atoms with Gasteiger partial charge in [0, 0.05) is 5.56 Å². The minimum absolute atomic E-state index is 0.244. The molecule has 6 nitrogen and oxygen atoms in total. The summed E-state index contributed by atoms with van der Waals surface area (Å²) in [6, 6.07) is 3.00. The molecule has 1 N–H and O–H groups in total. The Balaban J connectivity index is 3.07. The Morgan fingerprint density at radius 2 is 1.62 bits per heavy atom. The smallest absolute Gasteiger partial charge is 0.408 e. The Bertz CT molecular complexity index is 635. The molecule has 7 heteroatoms. The van der Waals surface area contributed by atoms with E-state index in [2.05, 4.69) is 5.32 Å². The van der Waals surface area contributed by atoms with Crippen LogP contribution in [0.3, 0.4) is 0 Å². The van der Waals surface area contributed by atoms with Gasteiger partial charge in [-0.2, -0.15) is 0 Å². The fourth-order valence-electron chi connectivity index (χ4n) is 2.03. The topological polar surface area (TPSA) is 73.9 Å². The van der Waals surface area contributed by atoms with Crippen LogP contribution < -0.4 is 14.8 Å². The molecule has 0 unspecified atom stereocenters. The van der Waals surface area contributed by atoms with Gasteiger partial charge in [-0.1, -0.05) is 11.6 Å². The second kappa shape index (κ2) is 7.30. The van der Waals surface area contributed by atoms with Crippen molar-refractivity contribution >= 4 is 23.5 Å². The number of amides is 1. The van der Waals surface area contributed by atoms with Crippen molar-refractivity contribution in [3.63, 3.8) is 0 Å². The summed E-state index contributed by atoms with van der Waals surface area (Å²) in [7, 11) is 2.91. The van der Waals surface area contributed by atoms with Crippen LogP contribution in [0, 0.1) is 0 Å². The molecule has 1 aromatic rings. The normalized spacial score (nSPS) is 11.7. The number of hydrogen-bond acceptors (Lipinski definition) is 5. The van der Waals surface area contributed by atoms with Crippen LogP contribution in [-0.4, -0.2) is 37.2 Å². The number of Topliss-reactive ketones (excluding diaryl/α,β-unsaturated/α-hetero) is 1. The van der Waals surface area contributed by atoms with E-state index >= 15 is 0 Å². The maximum atomic E-state index is 12.8. The number of halogens is 1. The molecule has 0 fully saturated rings. The molecule has 1 amide bonds. The van der Waals surface area contributed by atoms with Crippen LogP contribution in [0.4, 0.5) is 4.79 Å². The first-order valence-electron chi connectivity index (χ1n) is 7.38. The predicted molar refractivity (Wildman–Crippen MR) is 92.3 cm³/mol. The van der Waals surface area contributed by atoms with E-state index in [0.29, 0.717) is 17.1 Å². The highest BCUT2D eigenvalue weighted by Crippen LogP contribution is 2.36. The highest BCUT2D eigenvalue weighted by atomic mass is 35.5. The molecule has 0 saturated heterocycles. The molecule has 1 rings (SSSR count). The van der Waals surface area contributed by atoms with E-state index in [4.69, 9.17) is 25.8 Å². The standard InChI is InChI=1S/C17H24ClNO5/c1-16(2,3)24-15(21)19-17(4,5)14(20)10-8-11(18)13(23-7)12(9-10)22-6/h8-9H,1-7H3,(H,19,21). The molecule has 1 aromatic carbocycles. The molecule has 134 valence electrons. The molecule has 0 aliphatic rings. The zero-order chi connectivity index (χ0) is 18.7. The lowest BCUT2D eigenvalue weighted by molar-refractivity contribution is 0.0454. The van der Waals surface area contributed by atoms with Gasteiger partial charge < -0.3 is 19.5 Å². The average molecular weight is 358 g/mol. The number of methoxy groups -OCH3 is 2. The third kappa shape index (κ3) is 5.03. The predicted octanol–water partition coefficient (Wildman–Crippen LogP) is 3.84. The lowest BCUT2D eigenvalue weighted by Gasteiger charge is -2.27. The second-order valence-electron chi connectivity index (χ2n) is 6.77. The Hall–Kier alpha value is -1.95. The molecule has 0 atom stereocenters. The first kappa shape index (κ1) is 20.1. The van der Waals surface area contributed by atoms with Gasteiger partial charge in [0.05, 0.1) is 19.2 Å². The van der Waals surface area contributed by atoms with Crippen molar-refractivity contribution in [2.75, 3.05) is 14.2 Å². The summed E-state index contributed by atoms with van der Waals surface area (Å²) in [6.07, 6.45) is -0.674. The van der Waals surface area contributed by atoms with Crippen LogP contribution in [0.5, 0.6) is 11.5 Å². The van der Waals surface area contributed by atoms with Gasteiger partial charge in [0.25, 0.3) is 0 Å². The number of rotatable bonds is 5. The van der Waals surface area contributed by atoms with Crippen LogP contribution in [0.15, 0.2) is 12.1 Å². The van der Waals surface area contributed by atoms with Gasteiger partial charge in [0.1, 0.15) is 11.1 Å². The van der Waals surface area contributed by atoms with Crippen LogP contribution in [0.25, 0.3) is 0 Å². The van der Waals surface area contributed by atoms with Crippen molar-refractivity contribution in [2.45, 2.75) is 45.8 Å². The average Bonchev–Trinajstić information content (AvgIpc) is 2.42. The summed E-state index contributed by atoms with van der Waals surface area (Å²) in [5.74, 6) is 0.339. The number of ether oxygens (including phenoxy) is 3. The van der Waals surface area contributed by atoms with Crippen molar-refractivity contribution in [3.8, 4) is 11.5 Å². The van der Waals surface area contributed by atoms with Gasteiger partial charge in [-0.25, -0.2) is 4.79 Å². The lowest BCUT2D eigenvalue weighted by atomic mass is 9.93. The molecule has 0 bridgehead atoms. The summed E-state index contributed by atoms with van der Waals surface area (Å²) in [4.78, 5) is 24.7. The number of nitrogens with one attached hydrogen (secondary N) is 1. The zero-order valence-corrected chi connectivity index (χ0v) is 15.8. The van der Waals surface area contributed by atoms with Crippen molar-refractivity contribution in [1.82, 2.24) is 5.32 Å². The van der Waals surface area contributed by atoms with E-state index in [1.54, 1.807) is 34.6 Å². The van der Waals surface area contributed by atoms with E-state index in [-0.39, 0.29) is 10.8 Å². The molecule has 0 aromatic heterocycles. The second-order valence-corrected chi connectivity index (χ2v) is 7.18. The summed E-state index contributed by atoms with van der Waals surface area (Å²) >= 11 is 6.13. The summed E-state index contributed by atoms with van der Waals surface area (Å²) < 4.78 is 15.5. The number of alkyl carbamates (subject to hydrolysis) is 1. The molecule has 0 spiro atoms. The fourth-order valence-corrected chi connectivity index (χ4v) is 2.31. The third-order valence-electron chi connectivity index (χ3n) is 3.08. The van der Waals surface area contributed by atoms with Crippen molar-refractivity contribution in [1.29, 1.82) is 0 Å². The Morgan fingerprint density at radius 1 is 1.04 bits per heavy atom. The molecule has 0 aliphatic heterocycles. The Kier molecular flexibility index (Phi) is 6.11. The summed E-state index contributed by atoms with van der Waals surface area (Å²) in [5, 5.41) is 2.81. The van der Waals surface area contributed by atoms with E-state index in [1.165, 1.54) is 26.4 Å². The SMILES string of the molecule is COc1cc(C(=O)C(C)(C)NC(=O)OC(C)(C)C)cc(Cl)c1OC. The van der Waals surface area contributed by atoms with E-state index < -0.39 is 17.2 Å². The van der Waals surface area contributed by atoms with Crippen LogP contribution >= 0.6 is 11.6 Å². The quantitative estimate of drug-likeness (QED) is 0.810. The molecule has 0 saturated carbocycles. The van der Waals surface area contributed by atoms with Crippen LogP contribution in [-0.2, 0) is 4.74 Å². The van der Waals surface area contributed by atoms with Gasteiger partial charge >= 0.3 is 6.09 Å². The lowest BCUT2D eigenvalue weighted by Crippen LogP contribution is -2.51. The zero-order valence-electron chi connectivity index (χ0n) is 15.1. The van der Waals surface area contributed by atoms with Gasteiger partial charge in [-0.15, -0.1) is 0 Å². The molecule has 0 aliphatic carbocycles. The van der Waals surface area contributed by atoms with Gasteiger partial charge in [0.2, 0.25) is 0 Å². The third-order valence-corrected chi connectivity index (χ3v) is 3.36. The van der Waals surface area contributed by atoms with Crippen molar-refractivity contribution < 1.29 is 23.8 Å². The van der Waals surface area contributed by atoms with Crippen molar-refractivity contribution in [3.05, 3.63) is 22.7 Å². The van der Waals surface area contributed by atoms with Crippen LogP contribution in [0.2, 0.25) is 5.02 Å². The molecule has 24 heavy (non-hydrogen) atoms. The Labute approximate surface area is 147 Å². The first-order valence-corrected chi connectivity index (χ1v) is 7.76. The minimum Gasteiger partial charge on any atom is -0.493 e. The molecular formula is C17H24ClNO5. The number of ketones is 1. The number of hydrogen-bond donors (Lipinski definition) is 1. The van der Waals surface area contributed by atoms with Gasteiger partial charge in [-0.05, 0) is 46.8 Å². The van der Waals surface area contributed by atoms with E-state index in [0.717, 1.165) is 0 Å². The summed E-state index contributed by atoms with van der Waals surface area (Å²) in [6.45, 7) is 8.41. The van der Waals surface area contributed by atoms with E-state index in [9.17, 15) is 9.59 Å². The minimum atomic E-state index is -1.19. The highest BCUT2D eigenvalue weighted by molar-refractivity contribution is 6.32. The molecule has 0 heterocycles. The maximum absolute atomic E-state index is 12.8. The number of carbonyl (C=O) groups is 2. The van der Waals surface area contributed by atoms with Crippen LogP contribution in [0.1, 0.15) is 45.0 Å². The number of carbonyl (C=O) groups excluding carboxylic acids is 2. The monoisotopic (exact) mass is 357 g/mol. The van der Waals surface area contributed by atoms with E-state index in [1.807, 2.05) is 0 Å². The van der Waals surface area contributed by atoms with Gasteiger partial charge in [0.15, 0.2) is 17.3 Å². The Morgan fingerprint density at radius 3 is 2.08 bits per heavy atom. The molecule has 0 radical (unpaired) electrons.